The molecule has 7 nitrogen and oxygen atoms in total. The SMILES string of the molecule is Cc1nn(C)cc1S(=O)(=O)NCc1noc2cc(F)ccc12. The van der Waals surface area contributed by atoms with Crippen LogP contribution in [0.5, 0.6) is 0 Å². The molecular formula is C13H13FN4O3S. The van der Waals surface area contributed by atoms with Crippen LogP contribution in [0.2, 0.25) is 0 Å². The molecule has 0 unspecified atom stereocenters. The average molecular weight is 324 g/mol. The fraction of sp³-hybridized carbons (Fsp3) is 0.231. The highest BCUT2D eigenvalue weighted by Crippen LogP contribution is 2.20. The van der Waals surface area contributed by atoms with Crippen LogP contribution in [0.15, 0.2) is 33.8 Å². The second-order valence-electron chi connectivity index (χ2n) is 4.85. The molecule has 2 heterocycles. The van der Waals surface area contributed by atoms with Crippen LogP contribution in [0.4, 0.5) is 4.39 Å². The maximum atomic E-state index is 13.1. The number of rotatable bonds is 4. The predicted molar refractivity (Wildman–Crippen MR) is 75.9 cm³/mol. The Balaban J connectivity index is 1.86. The molecule has 1 N–H and O–H groups in total. The van der Waals surface area contributed by atoms with Crippen molar-refractivity contribution in [2.75, 3.05) is 0 Å². The van der Waals surface area contributed by atoms with Crippen molar-refractivity contribution in [1.82, 2.24) is 19.7 Å². The van der Waals surface area contributed by atoms with Gasteiger partial charge in [-0.05, 0) is 19.1 Å². The average Bonchev–Trinajstić information content (AvgIpc) is 2.99. The molecule has 116 valence electrons. The molecule has 1 aromatic carbocycles. The molecule has 0 spiro atoms. The zero-order valence-electron chi connectivity index (χ0n) is 11.9. The summed E-state index contributed by atoms with van der Waals surface area (Å²) in [7, 11) is -2.07. The Morgan fingerprint density at radius 1 is 1.41 bits per heavy atom. The number of nitrogens with one attached hydrogen (secondary N) is 1. The van der Waals surface area contributed by atoms with Gasteiger partial charge in [0.05, 0.1) is 12.2 Å². The standard InChI is InChI=1S/C13H13FN4O3S/c1-8-13(7-18(2)16-8)22(19,20)15-6-11-10-4-3-9(14)5-12(10)21-17-11/h3-5,7,15H,6H2,1-2H3. The first-order valence-electron chi connectivity index (χ1n) is 6.40. The largest absolute Gasteiger partial charge is 0.356 e. The van der Waals surface area contributed by atoms with E-state index in [9.17, 15) is 12.8 Å². The summed E-state index contributed by atoms with van der Waals surface area (Å²) < 4.78 is 46.5. The summed E-state index contributed by atoms with van der Waals surface area (Å²) >= 11 is 0. The van der Waals surface area contributed by atoms with Gasteiger partial charge in [-0.1, -0.05) is 5.16 Å². The molecule has 0 saturated carbocycles. The van der Waals surface area contributed by atoms with Crippen LogP contribution in [-0.4, -0.2) is 23.4 Å². The van der Waals surface area contributed by atoms with Gasteiger partial charge < -0.3 is 4.52 Å². The van der Waals surface area contributed by atoms with Crippen molar-refractivity contribution in [2.45, 2.75) is 18.4 Å². The number of fused-ring (bicyclic) bond motifs is 1. The topological polar surface area (TPSA) is 90.0 Å². The highest BCUT2D eigenvalue weighted by molar-refractivity contribution is 7.89. The molecule has 22 heavy (non-hydrogen) atoms. The number of hydrogen-bond acceptors (Lipinski definition) is 5. The second kappa shape index (κ2) is 5.18. The summed E-state index contributed by atoms with van der Waals surface area (Å²) in [5.74, 6) is -0.443. The van der Waals surface area contributed by atoms with E-state index in [1.54, 1.807) is 14.0 Å². The second-order valence-corrected chi connectivity index (χ2v) is 6.58. The minimum Gasteiger partial charge on any atom is -0.356 e. The van der Waals surface area contributed by atoms with E-state index in [2.05, 4.69) is 15.0 Å². The molecule has 0 amide bonds. The van der Waals surface area contributed by atoms with Crippen LogP contribution in [0, 0.1) is 12.7 Å². The van der Waals surface area contributed by atoms with E-state index in [1.165, 1.54) is 29.1 Å². The molecule has 0 aliphatic heterocycles. The van der Waals surface area contributed by atoms with Gasteiger partial charge in [-0.25, -0.2) is 17.5 Å². The van der Waals surface area contributed by atoms with Gasteiger partial charge in [-0.2, -0.15) is 5.10 Å². The Morgan fingerprint density at radius 3 is 2.86 bits per heavy atom. The first-order chi connectivity index (χ1) is 10.4. The highest BCUT2D eigenvalue weighted by atomic mass is 32.2. The number of aromatic nitrogens is 3. The first-order valence-corrected chi connectivity index (χ1v) is 7.89. The molecular weight excluding hydrogens is 311 g/mol. The molecule has 2 aromatic heterocycles. The van der Waals surface area contributed by atoms with Gasteiger partial charge in [0.1, 0.15) is 16.4 Å². The minimum atomic E-state index is -3.71. The lowest BCUT2D eigenvalue weighted by atomic mass is 10.2. The number of halogens is 1. The Labute approximate surface area is 125 Å². The molecule has 0 aliphatic carbocycles. The quantitative estimate of drug-likeness (QED) is 0.785. The number of aryl methyl sites for hydroxylation is 2. The highest BCUT2D eigenvalue weighted by Gasteiger charge is 2.20. The monoisotopic (exact) mass is 324 g/mol. The smallest absolute Gasteiger partial charge is 0.244 e. The van der Waals surface area contributed by atoms with Gasteiger partial charge in [0.2, 0.25) is 10.0 Å². The summed E-state index contributed by atoms with van der Waals surface area (Å²) in [6.45, 7) is 1.55. The lowest BCUT2D eigenvalue weighted by molar-refractivity contribution is 0.443. The van der Waals surface area contributed by atoms with E-state index >= 15 is 0 Å². The summed E-state index contributed by atoms with van der Waals surface area (Å²) in [6.07, 6.45) is 1.42. The predicted octanol–water partition coefficient (Wildman–Crippen LogP) is 1.49. The maximum Gasteiger partial charge on any atom is 0.244 e. The molecule has 3 rings (SSSR count). The molecule has 0 fully saturated rings. The van der Waals surface area contributed by atoms with E-state index in [4.69, 9.17) is 4.52 Å². The van der Waals surface area contributed by atoms with Crippen LogP contribution < -0.4 is 4.72 Å². The summed E-state index contributed by atoms with van der Waals surface area (Å²) in [6, 6.07) is 3.97. The number of hydrogen-bond donors (Lipinski definition) is 1. The van der Waals surface area contributed by atoms with Crippen LogP contribution in [0.25, 0.3) is 11.0 Å². The zero-order valence-corrected chi connectivity index (χ0v) is 12.7. The molecule has 0 saturated heterocycles. The van der Waals surface area contributed by atoms with Crippen molar-refractivity contribution in [3.63, 3.8) is 0 Å². The number of sulfonamides is 1. The molecule has 0 bridgehead atoms. The first kappa shape index (κ1) is 14.7. The van der Waals surface area contributed by atoms with Crippen molar-refractivity contribution in [3.05, 3.63) is 41.6 Å². The third-order valence-corrected chi connectivity index (χ3v) is 4.70. The van der Waals surface area contributed by atoms with Gasteiger partial charge in [-0.15, -0.1) is 0 Å². The summed E-state index contributed by atoms with van der Waals surface area (Å²) in [5, 5.41) is 8.34. The van der Waals surface area contributed by atoms with E-state index in [0.717, 1.165) is 0 Å². The molecule has 0 atom stereocenters. The van der Waals surface area contributed by atoms with Crippen molar-refractivity contribution in [3.8, 4) is 0 Å². The number of nitrogens with zero attached hydrogens (tertiary/aromatic N) is 3. The van der Waals surface area contributed by atoms with E-state index in [-0.39, 0.29) is 17.0 Å². The minimum absolute atomic E-state index is 0.0602. The van der Waals surface area contributed by atoms with Crippen LogP contribution in [-0.2, 0) is 23.6 Å². The van der Waals surface area contributed by atoms with Crippen molar-refractivity contribution < 1.29 is 17.3 Å². The molecule has 0 aliphatic rings. The van der Waals surface area contributed by atoms with E-state index in [0.29, 0.717) is 16.8 Å². The Hall–Kier alpha value is -2.26. The molecule has 9 heteroatoms. The van der Waals surface area contributed by atoms with Gasteiger partial charge in [0.15, 0.2) is 5.58 Å². The van der Waals surface area contributed by atoms with Gasteiger partial charge >= 0.3 is 0 Å². The van der Waals surface area contributed by atoms with Crippen LogP contribution in [0.1, 0.15) is 11.4 Å². The zero-order chi connectivity index (χ0) is 15.9. The normalized spacial score (nSPS) is 12.1. The van der Waals surface area contributed by atoms with E-state index in [1.807, 2.05) is 0 Å². The third kappa shape index (κ3) is 2.60. The van der Waals surface area contributed by atoms with E-state index < -0.39 is 15.8 Å². The van der Waals surface area contributed by atoms with Crippen LogP contribution >= 0.6 is 0 Å². The lowest BCUT2D eigenvalue weighted by Gasteiger charge is -2.03. The number of benzene rings is 1. The van der Waals surface area contributed by atoms with Crippen molar-refractivity contribution in [1.29, 1.82) is 0 Å². The Morgan fingerprint density at radius 2 is 2.18 bits per heavy atom. The fourth-order valence-corrected chi connectivity index (χ4v) is 3.38. The van der Waals surface area contributed by atoms with Crippen molar-refractivity contribution >= 4 is 21.0 Å². The van der Waals surface area contributed by atoms with Gasteiger partial charge in [-0.3, -0.25) is 4.68 Å². The van der Waals surface area contributed by atoms with Gasteiger partial charge in [0, 0.05) is 24.7 Å². The third-order valence-electron chi connectivity index (χ3n) is 3.20. The van der Waals surface area contributed by atoms with Crippen molar-refractivity contribution in [2.24, 2.45) is 7.05 Å². The maximum absolute atomic E-state index is 13.1. The van der Waals surface area contributed by atoms with Crippen LogP contribution in [0.3, 0.4) is 0 Å². The molecule has 0 radical (unpaired) electrons. The summed E-state index contributed by atoms with van der Waals surface area (Å²) in [5.41, 5.74) is 1.06. The fourth-order valence-electron chi connectivity index (χ4n) is 2.17. The summed E-state index contributed by atoms with van der Waals surface area (Å²) in [4.78, 5) is 0.105. The lowest BCUT2D eigenvalue weighted by Crippen LogP contribution is -2.23. The Bertz CT molecular complexity index is 946. The molecule has 3 aromatic rings. The Kier molecular flexibility index (Phi) is 3.45. The van der Waals surface area contributed by atoms with Gasteiger partial charge in [0.25, 0.3) is 0 Å².